The summed E-state index contributed by atoms with van der Waals surface area (Å²) in [5, 5.41) is 3.66. The number of pyridine rings is 1. The molecule has 0 radical (unpaired) electrons. The summed E-state index contributed by atoms with van der Waals surface area (Å²) < 4.78 is 11.6. The van der Waals surface area contributed by atoms with Crippen molar-refractivity contribution in [2.24, 2.45) is 5.41 Å². The molecular weight excluding hydrogens is 496 g/mol. The van der Waals surface area contributed by atoms with Crippen molar-refractivity contribution in [1.29, 1.82) is 0 Å². The molecule has 0 saturated carbocycles. The van der Waals surface area contributed by atoms with Crippen molar-refractivity contribution in [3.8, 4) is 11.5 Å². The van der Waals surface area contributed by atoms with Crippen LogP contribution in [-0.4, -0.2) is 49.8 Å². The first-order valence-corrected chi connectivity index (χ1v) is 14.5. The van der Waals surface area contributed by atoms with Gasteiger partial charge < -0.3 is 24.6 Å². The second-order valence-corrected chi connectivity index (χ2v) is 11.4. The lowest BCUT2D eigenvalue weighted by Gasteiger charge is -2.48. The highest BCUT2D eigenvalue weighted by atomic mass is 16.5. The first kappa shape index (κ1) is 26.3. The van der Waals surface area contributed by atoms with E-state index in [4.69, 9.17) is 9.47 Å². The Morgan fingerprint density at radius 2 is 1.70 bits per heavy atom. The highest BCUT2D eigenvalue weighted by Crippen LogP contribution is 2.44. The predicted octanol–water partition coefficient (Wildman–Crippen LogP) is 6.53. The highest BCUT2D eigenvalue weighted by molar-refractivity contribution is 5.69. The number of methoxy groups -OCH3 is 1. The third-order valence-corrected chi connectivity index (χ3v) is 9.22. The number of rotatable bonds is 7. The number of fused-ring (bicyclic) bond motifs is 1. The Bertz CT molecular complexity index is 1350. The van der Waals surface area contributed by atoms with Crippen LogP contribution in [0.4, 0.5) is 5.69 Å². The number of nitrogens with one attached hydrogen (secondary N) is 1. The number of anilines is 1. The van der Waals surface area contributed by atoms with E-state index >= 15 is 0 Å². The van der Waals surface area contributed by atoms with Crippen LogP contribution >= 0.6 is 0 Å². The van der Waals surface area contributed by atoms with E-state index in [0.29, 0.717) is 12.0 Å². The summed E-state index contributed by atoms with van der Waals surface area (Å²) >= 11 is 0. The normalized spacial score (nSPS) is 19.9. The van der Waals surface area contributed by atoms with Gasteiger partial charge in [-0.25, -0.2) is 0 Å². The topological polar surface area (TPSA) is 49.9 Å². The number of piperidine rings is 2. The number of aromatic nitrogens is 1. The van der Waals surface area contributed by atoms with Crippen LogP contribution in [-0.2, 0) is 0 Å². The summed E-state index contributed by atoms with van der Waals surface area (Å²) in [5.74, 6) is 1.76. The van der Waals surface area contributed by atoms with E-state index in [2.05, 4.69) is 63.6 Å². The van der Waals surface area contributed by atoms with Crippen LogP contribution in [0.15, 0.2) is 80.1 Å². The fourth-order valence-electron chi connectivity index (χ4n) is 6.63. The van der Waals surface area contributed by atoms with E-state index in [1.807, 2.05) is 36.7 Å². The van der Waals surface area contributed by atoms with Crippen molar-refractivity contribution < 1.29 is 9.47 Å². The minimum Gasteiger partial charge on any atom is -0.496 e. The van der Waals surface area contributed by atoms with E-state index in [-0.39, 0.29) is 6.04 Å². The van der Waals surface area contributed by atoms with Crippen LogP contribution < -0.4 is 19.7 Å². The maximum Gasteiger partial charge on any atom is 0.128 e. The average molecular weight is 537 g/mol. The molecule has 0 bridgehead atoms. The zero-order valence-corrected chi connectivity index (χ0v) is 23.6. The molecule has 4 heterocycles. The summed E-state index contributed by atoms with van der Waals surface area (Å²) in [6.07, 6.45) is 9.64. The number of nitrogens with zero attached hydrogens (tertiary/aromatic N) is 3. The van der Waals surface area contributed by atoms with Gasteiger partial charge in [0, 0.05) is 73.2 Å². The molecule has 6 nitrogen and oxygen atoms in total. The van der Waals surface area contributed by atoms with Gasteiger partial charge in [-0.15, -0.1) is 0 Å². The Morgan fingerprint density at radius 1 is 0.975 bits per heavy atom. The third kappa shape index (κ3) is 5.27. The van der Waals surface area contributed by atoms with E-state index in [1.165, 1.54) is 36.9 Å². The molecule has 40 heavy (non-hydrogen) atoms. The standard InChI is InChI=1S/C34H40N4O2/c1-25(29-6-4-5-7-32(29)39-3)36-31-12-23-40-33-9-8-27(24-30(31)33)26(2)37-19-13-34(14-20-37)15-21-38(22-16-34)28-10-17-35-18-11-28/h4-11,17-18,24,31,36H,1-2,12-16,19-23H2,3H3. The van der Waals surface area contributed by atoms with Gasteiger partial charge in [0.25, 0.3) is 0 Å². The van der Waals surface area contributed by atoms with Crippen LogP contribution in [0.5, 0.6) is 11.5 Å². The van der Waals surface area contributed by atoms with E-state index in [9.17, 15) is 0 Å². The highest BCUT2D eigenvalue weighted by Gasteiger charge is 2.38. The van der Waals surface area contributed by atoms with E-state index in [0.717, 1.165) is 66.6 Å². The smallest absolute Gasteiger partial charge is 0.128 e. The van der Waals surface area contributed by atoms with Crippen LogP contribution in [0.3, 0.4) is 0 Å². The molecule has 2 fully saturated rings. The predicted molar refractivity (Wildman–Crippen MR) is 162 cm³/mol. The Balaban J connectivity index is 1.10. The number of hydrogen-bond donors (Lipinski definition) is 1. The second kappa shape index (κ2) is 11.3. The monoisotopic (exact) mass is 536 g/mol. The first-order valence-electron chi connectivity index (χ1n) is 14.5. The lowest BCUT2D eigenvalue weighted by atomic mass is 9.71. The fourth-order valence-corrected chi connectivity index (χ4v) is 6.63. The molecule has 3 aliphatic heterocycles. The SMILES string of the molecule is C=C(NC1CCOc2ccc(C(=C)N3CCC4(CC3)CCN(c3ccncc3)CC4)cc21)c1ccccc1OC. The van der Waals surface area contributed by atoms with Crippen LogP contribution in [0.2, 0.25) is 0 Å². The van der Waals surface area contributed by atoms with E-state index < -0.39 is 0 Å². The molecule has 208 valence electrons. The van der Waals surface area contributed by atoms with Crippen LogP contribution in [0.1, 0.15) is 54.8 Å². The maximum absolute atomic E-state index is 6.04. The molecule has 2 saturated heterocycles. The van der Waals surface area contributed by atoms with Gasteiger partial charge in [0.1, 0.15) is 11.5 Å². The Labute approximate surface area is 238 Å². The number of benzene rings is 2. The van der Waals surface area contributed by atoms with Gasteiger partial charge in [0.05, 0.1) is 19.8 Å². The van der Waals surface area contributed by atoms with Gasteiger partial charge >= 0.3 is 0 Å². The zero-order chi connectivity index (χ0) is 27.5. The summed E-state index contributed by atoms with van der Waals surface area (Å²) in [6.45, 7) is 13.9. The van der Waals surface area contributed by atoms with Crippen molar-refractivity contribution in [1.82, 2.24) is 15.2 Å². The molecule has 1 spiro atoms. The molecule has 0 aliphatic carbocycles. The second-order valence-electron chi connectivity index (χ2n) is 11.4. The lowest BCUT2D eigenvalue weighted by Crippen LogP contribution is -2.46. The maximum atomic E-state index is 6.04. The van der Waals surface area contributed by atoms with Gasteiger partial charge in [-0.1, -0.05) is 25.3 Å². The quantitative estimate of drug-likeness (QED) is 0.371. The van der Waals surface area contributed by atoms with Gasteiger partial charge in [0.15, 0.2) is 0 Å². The molecule has 1 unspecified atom stereocenters. The molecule has 1 aromatic heterocycles. The van der Waals surface area contributed by atoms with Crippen LogP contribution in [0.25, 0.3) is 11.4 Å². The van der Waals surface area contributed by atoms with Crippen molar-refractivity contribution in [3.05, 3.63) is 96.8 Å². The molecule has 1 atom stereocenters. The molecular formula is C34H40N4O2. The van der Waals surface area contributed by atoms with Crippen molar-refractivity contribution in [3.63, 3.8) is 0 Å². The molecule has 6 rings (SSSR count). The van der Waals surface area contributed by atoms with Gasteiger partial charge in [-0.2, -0.15) is 0 Å². The number of likely N-dealkylation sites (tertiary alicyclic amines) is 1. The Kier molecular flexibility index (Phi) is 7.42. The van der Waals surface area contributed by atoms with Crippen LogP contribution in [0, 0.1) is 5.41 Å². The molecule has 2 aromatic carbocycles. The summed E-state index contributed by atoms with van der Waals surface area (Å²) in [4.78, 5) is 9.18. The molecule has 3 aliphatic rings. The van der Waals surface area contributed by atoms with Crippen molar-refractivity contribution in [2.45, 2.75) is 38.1 Å². The lowest BCUT2D eigenvalue weighted by molar-refractivity contribution is 0.110. The van der Waals surface area contributed by atoms with Gasteiger partial charge in [-0.05, 0) is 79.1 Å². The molecule has 1 N–H and O–H groups in total. The average Bonchev–Trinajstić information content (AvgIpc) is 3.02. The van der Waals surface area contributed by atoms with Gasteiger partial charge in [0.2, 0.25) is 0 Å². The van der Waals surface area contributed by atoms with Gasteiger partial charge in [-0.3, -0.25) is 4.98 Å². The van der Waals surface area contributed by atoms with E-state index in [1.54, 1.807) is 7.11 Å². The Hall–Kier alpha value is -3.93. The minimum atomic E-state index is 0.115. The van der Waals surface area contributed by atoms with Crippen molar-refractivity contribution in [2.75, 3.05) is 44.8 Å². The summed E-state index contributed by atoms with van der Waals surface area (Å²) in [7, 11) is 1.70. The zero-order valence-electron chi connectivity index (χ0n) is 23.6. The minimum absolute atomic E-state index is 0.115. The largest absolute Gasteiger partial charge is 0.496 e. The third-order valence-electron chi connectivity index (χ3n) is 9.22. The number of ether oxygens (including phenoxy) is 2. The fraction of sp³-hybridized carbons (Fsp3) is 0.382. The number of para-hydroxylation sites is 1. The first-order chi connectivity index (χ1) is 19.5. The number of hydrogen-bond acceptors (Lipinski definition) is 6. The molecule has 3 aromatic rings. The molecule has 0 amide bonds. The summed E-state index contributed by atoms with van der Waals surface area (Å²) in [6, 6.07) is 18.9. The summed E-state index contributed by atoms with van der Waals surface area (Å²) in [5.41, 5.74) is 7.03. The van der Waals surface area contributed by atoms with Crippen molar-refractivity contribution >= 4 is 17.1 Å². The Morgan fingerprint density at radius 3 is 2.45 bits per heavy atom. The molecule has 6 heteroatoms.